The summed E-state index contributed by atoms with van der Waals surface area (Å²) < 4.78 is 62.1. The van der Waals surface area contributed by atoms with Crippen LogP contribution in [-0.2, 0) is 10.1 Å². The first-order valence-corrected chi connectivity index (χ1v) is 6.34. The number of benzene rings is 2. The molecule has 2 rings (SSSR count). The van der Waals surface area contributed by atoms with Crippen LogP contribution in [0.25, 0.3) is 10.8 Å². The number of halogens is 3. The molecule has 0 unspecified atom stereocenters. The van der Waals surface area contributed by atoms with Gasteiger partial charge in [-0.25, -0.2) is 0 Å². The fourth-order valence-electron chi connectivity index (χ4n) is 1.49. The Morgan fingerprint density at radius 2 is 1.74 bits per heavy atom. The summed E-state index contributed by atoms with van der Waals surface area (Å²) >= 11 is 0. The smallest absolute Gasteiger partial charge is 0.507 e. The number of phenols is 1. The van der Waals surface area contributed by atoms with Crippen LogP contribution in [0.5, 0.6) is 11.5 Å². The molecule has 0 fully saturated rings. The summed E-state index contributed by atoms with van der Waals surface area (Å²) in [6, 6.07) is 8.15. The minimum atomic E-state index is -5.75. The average Bonchev–Trinajstić information content (AvgIpc) is 2.27. The van der Waals surface area contributed by atoms with Crippen LogP contribution >= 0.6 is 0 Å². The molecule has 4 nitrogen and oxygen atoms in total. The summed E-state index contributed by atoms with van der Waals surface area (Å²) in [6.45, 7) is 0. The topological polar surface area (TPSA) is 63.6 Å². The molecule has 19 heavy (non-hydrogen) atoms. The number of alkyl halides is 3. The Bertz CT molecular complexity index is 722. The van der Waals surface area contributed by atoms with Gasteiger partial charge in [-0.1, -0.05) is 24.3 Å². The van der Waals surface area contributed by atoms with Crippen LogP contribution in [0.2, 0.25) is 0 Å². The largest absolute Gasteiger partial charge is 0.534 e. The van der Waals surface area contributed by atoms with Gasteiger partial charge >= 0.3 is 15.6 Å². The summed E-state index contributed by atoms with van der Waals surface area (Å²) in [7, 11) is -5.75. The van der Waals surface area contributed by atoms with Crippen molar-refractivity contribution in [3.8, 4) is 11.5 Å². The van der Waals surface area contributed by atoms with Crippen molar-refractivity contribution in [2.45, 2.75) is 5.51 Å². The second-order valence-corrected chi connectivity index (χ2v) is 5.18. The van der Waals surface area contributed by atoms with Crippen molar-refractivity contribution in [2.24, 2.45) is 0 Å². The van der Waals surface area contributed by atoms with Crippen LogP contribution in [0.3, 0.4) is 0 Å². The Balaban J connectivity index is 2.48. The van der Waals surface area contributed by atoms with E-state index in [1.807, 2.05) is 0 Å². The van der Waals surface area contributed by atoms with E-state index in [1.165, 1.54) is 12.1 Å². The lowest BCUT2D eigenvalue weighted by Gasteiger charge is -2.10. The van der Waals surface area contributed by atoms with E-state index in [9.17, 15) is 26.7 Å². The highest BCUT2D eigenvalue weighted by atomic mass is 32.2. The van der Waals surface area contributed by atoms with E-state index in [1.54, 1.807) is 12.1 Å². The summed E-state index contributed by atoms with van der Waals surface area (Å²) in [6.07, 6.45) is 0. The zero-order valence-electron chi connectivity index (χ0n) is 9.18. The summed E-state index contributed by atoms with van der Waals surface area (Å²) in [5.74, 6) is -0.973. The lowest BCUT2D eigenvalue weighted by molar-refractivity contribution is -0.0500. The maximum absolute atomic E-state index is 12.2. The van der Waals surface area contributed by atoms with Crippen molar-refractivity contribution in [3.05, 3.63) is 36.4 Å². The SMILES string of the molecule is O=S(=O)(Oc1cc(O)c2ccccc2c1)C(F)(F)F. The van der Waals surface area contributed by atoms with Gasteiger partial charge in [-0.3, -0.25) is 0 Å². The van der Waals surface area contributed by atoms with Gasteiger partial charge in [-0.2, -0.15) is 21.6 Å². The van der Waals surface area contributed by atoms with Crippen LogP contribution in [0.1, 0.15) is 0 Å². The Hall–Kier alpha value is -1.96. The van der Waals surface area contributed by atoms with Gasteiger partial charge < -0.3 is 9.29 Å². The lowest BCUT2D eigenvalue weighted by Crippen LogP contribution is -2.28. The molecule has 0 radical (unpaired) electrons. The molecule has 0 saturated carbocycles. The normalized spacial score (nSPS) is 12.6. The Morgan fingerprint density at radius 1 is 1.11 bits per heavy atom. The molecule has 0 heterocycles. The number of fused-ring (bicyclic) bond motifs is 1. The van der Waals surface area contributed by atoms with Crippen LogP contribution < -0.4 is 4.18 Å². The molecule has 0 aliphatic heterocycles. The lowest BCUT2D eigenvalue weighted by atomic mass is 10.1. The first-order valence-electron chi connectivity index (χ1n) is 4.93. The Kier molecular flexibility index (Phi) is 3.05. The van der Waals surface area contributed by atoms with Gasteiger partial charge in [0.1, 0.15) is 11.5 Å². The van der Waals surface area contributed by atoms with E-state index in [2.05, 4.69) is 4.18 Å². The summed E-state index contributed by atoms with van der Waals surface area (Å²) in [4.78, 5) is 0. The fourth-order valence-corrected chi connectivity index (χ4v) is 1.93. The molecule has 2 aromatic carbocycles. The van der Waals surface area contributed by atoms with Crippen molar-refractivity contribution in [3.63, 3.8) is 0 Å². The van der Waals surface area contributed by atoms with Crippen molar-refractivity contribution >= 4 is 20.9 Å². The minimum absolute atomic E-state index is 0.356. The van der Waals surface area contributed by atoms with Crippen LogP contribution in [0.15, 0.2) is 36.4 Å². The first kappa shape index (κ1) is 13.5. The molecule has 0 aliphatic rings. The molecule has 0 spiro atoms. The first-order chi connectivity index (χ1) is 8.71. The number of hydrogen-bond acceptors (Lipinski definition) is 4. The second kappa shape index (κ2) is 4.30. The van der Waals surface area contributed by atoms with Crippen LogP contribution in [0, 0.1) is 0 Å². The van der Waals surface area contributed by atoms with E-state index in [4.69, 9.17) is 0 Å². The third kappa shape index (κ3) is 2.58. The van der Waals surface area contributed by atoms with Crippen molar-refractivity contribution in [2.75, 3.05) is 0 Å². The number of hydrogen-bond donors (Lipinski definition) is 1. The fraction of sp³-hybridized carbons (Fsp3) is 0.0909. The standard InChI is InChI=1S/C11H7F3O4S/c12-11(13,14)19(16,17)18-8-5-7-3-1-2-4-9(7)10(15)6-8/h1-6,15H. The minimum Gasteiger partial charge on any atom is -0.507 e. The maximum Gasteiger partial charge on any atom is 0.534 e. The predicted octanol–water partition coefficient (Wildman–Crippen LogP) is 2.77. The summed E-state index contributed by atoms with van der Waals surface area (Å²) in [5, 5.41) is 10.3. The monoisotopic (exact) mass is 292 g/mol. The van der Waals surface area contributed by atoms with Gasteiger partial charge in [-0.15, -0.1) is 0 Å². The summed E-state index contributed by atoms with van der Waals surface area (Å²) in [5.41, 5.74) is -5.52. The van der Waals surface area contributed by atoms with Gasteiger partial charge in [0, 0.05) is 11.5 Å². The van der Waals surface area contributed by atoms with Gasteiger partial charge in [-0.05, 0) is 11.5 Å². The molecule has 0 aromatic heterocycles. The quantitative estimate of drug-likeness (QED) is 0.683. The third-order valence-electron chi connectivity index (χ3n) is 2.30. The number of aromatic hydroxyl groups is 1. The molecule has 102 valence electrons. The van der Waals surface area contributed by atoms with Crippen LogP contribution in [-0.4, -0.2) is 19.0 Å². The molecule has 0 bridgehead atoms. The van der Waals surface area contributed by atoms with Gasteiger partial charge in [0.05, 0.1) is 0 Å². The Morgan fingerprint density at radius 3 is 2.37 bits per heavy atom. The zero-order chi connectivity index (χ0) is 14.3. The van der Waals surface area contributed by atoms with Crippen molar-refractivity contribution in [1.29, 1.82) is 0 Å². The Labute approximate surface area is 106 Å². The van der Waals surface area contributed by atoms with E-state index in [-0.39, 0.29) is 5.75 Å². The molecule has 1 N–H and O–H groups in total. The van der Waals surface area contributed by atoms with E-state index in [0.29, 0.717) is 10.8 Å². The van der Waals surface area contributed by atoms with Crippen molar-refractivity contribution in [1.82, 2.24) is 0 Å². The average molecular weight is 292 g/mol. The second-order valence-electron chi connectivity index (χ2n) is 3.65. The number of rotatable bonds is 2. The van der Waals surface area contributed by atoms with Gasteiger partial charge in [0.25, 0.3) is 0 Å². The molecule has 2 aromatic rings. The molecular weight excluding hydrogens is 285 g/mol. The molecular formula is C11H7F3O4S. The molecule has 0 aliphatic carbocycles. The molecule has 0 atom stereocenters. The highest BCUT2D eigenvalue weighted by Crippen LogP contribution is 2.33. The van der Waals surface area contributed by atoms with E-state index in [0.717, 1.165) is 12.1 Å². The van der Waals surface area contributed by atoms with Crippen molar-refractivity contribution < 1.29 is 30.9 Å². The van der Waals surface area contributed by atoms with Crippen LogP contribution in [0.4, 0.5) is 13.2 Å². The molecule has 8 heteroatoms. The number of phenolic OH excluding ortho intramolecular Hbond substituents is 1. The maximum atomic E-state index is 12.2. The van der Waals surface area contributed by atoms with E-state index < -0.39 is 21.4 Å². The molecule has 0 amide bonds. The van der Waals surface area contributed by atoms with Gasteiger partial charge in [0.2, 0.25) is 0 Å². The van der Waals surface area contributed by atoms with Gasteiger partial charge in [0.15, 0.2) is 0 Å². The highest BCUT2D eigenvalue weighted by Gasteiger charge is 2.48. The zero-order valence-corrected chi connectivity index (χ0v) is 9.99. The highest BCUT2D eigenvalue weighted by molar-refractivity contribution is 7.88. The molecule has 0 saturated heterocycles. The van der Waals surface area contributed by atoms with E-state index >= 15 is 0 Å². The predicted molar refractivity (Wildman–Crippen MR) is 61.2 cm³/mol. The third-order valence-corrected chi connectivity index (χ3v) is 3.28.